The van der Waals surface area contributed by atoms with Crippen LogP contribution in [-0.4, -0.2) is 0 Å². The molecule has 0 heterocycles. The SMILES string of the molecule is CC1CCC(Cc2ccc(Cc3ccc(C(C)(C)C)cc3)cc2)CC1. The summed E-state index contributed by atoms with van der Waals surface area (Å²) in [6, 6.07) is 18.5. The highest BCUT2D eigenvalue weighted by molar-refractivity contribution is 5.32. The predicted molar refractivity (Wildman–Crippen MR) is 109 cm³/mol. The zero-order chi connectivity index (χ0) is 17.9. The van der Waals surface area contributed by atoms with Crippen LogP contribution in [0.1, 0.15) is 75.6 Å². The van der Waals surface area contributed by atoms with Crippen LogP contribution in [0.3, 0.4) is 0 Å². The van der Waals surface area contributed by atoms with Crippen LogP contribution >= 0.6 is 0 Å². The van der Waals surface area contributed by atoms with E-state index in [4.69, 9.17) is 0 Å². The van der Waals surface area contributed by atoms with Crippen LogP contribution in [0.2, 0.25) is 0 Å². The molecule has 0 aliphatic heterocycles. The van der Waals surface area contributed by atoms with E-state index in [0.717, 1.165) is 18.3 Å². The molecule has 0 aromatic heterocycles. The normalized spacial score (nSPS) is 21.3. The summed E-state index contributed by atoms with van der Waals surface area (Å²) < 4.78 is 0. The van der Waals surface area contributed by atoms with Crippen molar-refractivity contribution >= 4 is 0 Å². The zero-order valence-electron chi connectivity index (χ0n) is 16.5. The molecule has 0 saturated heterocycles. The van der Waals surface area contributed by atoms with Crippen molar-refractivity contribution in [2.45, 2.75) is 71.6 Å². The molecule has 0 heteroatoms. The Balaban J connectivity index is 1.57. The molecule has 1 aliphatic rings. The summed E-state index contributed by atoms with van der Waals surface area (Å²) in [6.45, 7) is 9.22. The summed E-state index contributed by atoms with van der Waals surface area (Å²) in [5.41, 5.74) is 5.99. The van der Waals surface area contributed by atoms with E-state index in [2.05, 4.69) is 76.2 Å². The van der Waals surface area contributed by atoms with Crippen molar-refractivity contribution in [3.05, 3.63) is 70.8 Å². The van der Waals surface area contributed by atoms with Crippen LogP contribution in [-0.2, 0) is 18.3 Å². The number of rotatable bonds is 4. The van der Waals surface area contributed by atoms with Crippen molar-refractivity contribution in [1.29, 1.82) is 0 Å². The molecule has 2 aromatic rings. The second kappa shape index (κ2) is 7.77. The first-order chi connectivity index (χ1) is 11.9. The quantitative estimate of drug-likeness (QED) is 0.568. The fourth-order valence-electron chi connectivity index (χ4n) is 4.02. The van der Waals surface area contributed by atoms with E-state index in [0.29, 0.717) is 0 Å². The third-order valence-corrected chi connectivity index (χ3v) is 5.91. The molecular formula is C25H34. The highest BCUT2D eigenvalue weighted by Gasteiger charge is 2.18. The summed E-state index contributed by atoms with van der Waals surface area (Å²) in [5.74, 6) is 1.86. The molecule has 0 N–H and O–H groups in total. The van der Waals surface area contributed by atoms with Crippen molar-refractivity contribution in [1.82, 2.24) is 0 Å². The average molecular weight is 335 g/mol. The minimum absolute atomic E-state index is 0.233. The third kappa shape index (κ3) is 5.21. The minimum Gasteiger partial charge on any atom is -0.0625 e. The molecule has 0 radical (unpaired) electrons. The molecule has 1 fully saturated rings. The first-order valence-corrected chi connectivity index (χ1v) is 10.1. The Kier molecular flexibility index (Phi) is 5.67. The maximum absolute atomic E-state index is 2.40. The molecule has 25 heavy (non-hydrogen) atoms. The lowest BCUT2D eigenvalue weighted by Gasteiger charge is -2.26. The van der Waals surface area contributed by atoms with E-state index < -0.39 is 0 Å². The van der Waals surface area contributed by atoms with Crippen LogP contribution in [0.25, 0.3) is 0 Å². The third-order valence-electron chi connectivity index (χ3n) is 5.91. The molecule has 3 rings (SSSR count). The van der Waals surface area contributed by atoms with Gasteiger partial charge in [-0.2, -0.15) is 0 Å². The van der Waals surface area contributed by atoms with E-state index in [1.54, 1.807) is 0 Å². The van der Waals surface area contributed by atoms with Gasteiger partial charge in [0, 0.05) is 0 Å². The van der Waals surface area contributed by atoms with Crippen LogP contribution < -0.4 is 0 Å². The molecule has 134 valence electrons. The zero-order valence-corrected chi connectivity index (χ0v) is 16.5. The van der Waals surface area contributed by atoms with E-state index in [1.165, 1.54) is 54.4 Å². The van der Waals surface area contributed by atoms with Gasteiger partial charge in [0.25, 0.3) is 0 Å². The Morgan fingerprint density at radius 3 is 1.72 bits per heavy atom. The lowest BCUT2D eigenvalue weighted by molar-refractivity contribution is 0.289. The Labute approximate surface area is 154 Å². The van der Waals surface area contributed by atoms with Crippen LogP contribution in [0.15, 0.2) is 48.5 Å². The van der Waals surface area contributed by atoms with Gasteiger partial charge in [0.05, 0.1) is 0 Å². The van der Waals surface area contributed by atoms with Gasteiger partial charge in [0.15, 0.2) is 0 Å². The molecule has 0 bridgehead atoms. The van der Waals surface area contributed by atoms with E-state index in [-0.39, 0.29) is 5.41 Å². The van der Waals surface area contributed by atoms with E-state index in [9.17, 15) is 0 Å². The van der Waals surface area contributed by atoms with Gasteiger partial charge < -0.3 is 0 Å². The van der Waals surface area contributed by atoms with Gasteiger partial charge in [-0.25, -0.2) is 0 Å². The van der Waals surface area contributed by atoms with Crippen molar-refractivity contribution in [2.24, 2.45) is 11.8 Å². The smallest absolute Gasteiger partial charge is 0.00258 e. The molecule has 1 saturated carbocycles. The lowest BCUT2D eigenvalue weighted by atomic mass is 9.80. The molecular weight excluding hydrogens is 300 g/mol. The Morgan fingerprint density at radius 1 is 0.720 bits per heavy atom. The molecule has 2 aromatic carbocycles. The number of benzene rings is 2. The Bertz CT molecular complexity index is 647. The van der Waals surface area contributed by atoms with Gasteiger partial charge >= 0.3 is 0 Å². The van der Waals surface area contributed by atoms with Gasteiger partial charge in [-0.1, -0.05) is 89.1 Å². The van der Waals surface area contributed by atoms with E-state index >= 15 is 0 Å². The summed E-state index contributed by atoms with van der Waals surface area (Å²) in [6.07, 6.45) is 7.99. The van der Waals surface area contributed by atoms with Crippen molar-refractivity contribution in [2.75, 3.05) is 0 Å². The average Bonchev–Trinajstić information content (AvgIpc) is 2.58. The van der Waals surface area contributed by atoms with Crippen molar-refractivity contribution in [3.63, 3.8) is 0 Å². The first kappa shape index (κ1) is 18.2. The van der Waals surface area contributed by atoms with Gasteiger partial charge in [-0.3, -0.25) is 0 Å². The molecule has 0 amide bonds. The standard InChI is InChI=1S/C25H34/c1-19-5-7-20(8-6-19)17-21-9-11-22(12-10-21)18-23-13-15-24(16-14-23)25(2,3)4/h9-16,19-20H,5-8,17-18H2,1-4H3. The fourth-order valence-corrected chi connectivity index (χ4v) is 4.02. The fraction of sp³-hybridized carbons (Fsp3) is 0.520. The largest absolute Gasteiger partial charge is 0.0625 e. The van der Waals surface area contributed by atoms with Gasteiger partial charge in [-0.05, 0) is 65.2 Å². The first-order valence-electron chi connectivity index (χ1n) is 10.1. The summed E-state index contributed by atoms with van der Waals surface area (Å²) in [7, 11) is 0. The topological polar surface area (TPSA) is 0 Å². The summed E-state index contributed by atoms with van der Waals surface area (Å²) in [4.78, 5) is 0. The minimum atomic E-state index is 0.233. The molecule has 0 nitrogen and oxygen atoms in total. The van der Waals surface area contributed by atoms with Crippen LogP contribution in [0.4, 0.5) is 0 Å². The highest BCUT2D eigenvalue weighted by Crippen LogP contribution is 2.30. The summed E-state index contributed by atoms with van der Waals surface area (Å²) >= 11 is 0. The van der Waals surface area contributed by atoms with Gasteiger partial charge in [-0.15, -0.1) is 0 Å². The van der Waals surface area contributed by atoms with Gasteiger partial charge in [0.1, 0.15) is 0 Å². The van der Waals surface area contributed by atoms with E-state index in [1.807, 2.05) is 0 Å². The maximum atomic E-state index is 2.40. The number of hydrogen-bond donors (Lipinski definition) is 0. The summed E-state index contributed by atoms with van der Waals surface area (Å²) in [5, 5.41) is 0. The Morgan fingerprint density at radius 2 is 1.20 bits per heavy atom. The Hall–Kier alpha value is -1.56. The molecule has 0 spiro atoms. The van der Waals surface area contributed by atoms with Crippen molar-refractivity contribution in [3.8, 4) is 0 Å². The van der Waals surface area contributed by atoms with Crippen LogP contribution in [0.5, 0.6) is 0 Å². The lowest BCUT2D eigenvalue weighted by Crippen LogP contribution is -2.14. The van der Waals surface area contributed by atoms with Crippen LogP contribution in [0, 0.1) is 11.8 Å². The maximum Gasteiger partial charge on any atom is -0.00258 e. The second-order valence-corrected chi connectivity index (χ2v) is 9.27. The van der Waals surface area contributed by atoms with Crippen molar-refractivity contribution < 1.29 is 0 Å². The number of hydrogen-bond acceptors (Lipinski definition) is 0. The second-order valence-electron chi connectivity index (χ2n) is 9.27. The monoisotopic (exact) mass is 334 g/mol. The predicted octanol–water partition coefficient (Wildman–Crippen LogP) is 6.94. The van der Waals surface area contributed by atoms with Gasteiger partial charge in [0.2, 0.25) is 0 Å². The molecule has 0 atom stereocenters. The highest BCUT2D eigenvalue weighted by atomic mass is 14.2. The molecule has 0 unspecified atom stereocenters. The molecule has 1 aliphatic carbocycles.